The Hall–Kier alpha value is -3.85. The molecule has 0 aliphatic carbocycles. The number of unbranched alkanes of at least 4 members (excludes halogenated alkanes) is 25. The molecule has 462 valence electrons. The maximum absolute atomic E-state index is 12.8. The summed E-state index contributed by atoms with van der Waals surface area (Å²) in [7, 11) is -4.40. The first kappa shape index (κ1) is 77.2. The molecule has 0 spiro atoms. The minimum absolute atomic E-state index is 0.0478. The molecule has 0 aromatic carbocycles. The van der Waals surface area contributed by atoms with Crippen molar-refractivity contribution in [1.82, 2.24) is 0 Å². The van der Waals surface area contributed by atoms with E-state index in [1.807, 2.05) is 0 Å². The molecule has 0 saturated heterocycles. The van der Waals surface area contributed by atoms with Gasteiger partial charge in [-0.25, -0.2) is 4.57 Å². The summed E-state index contributed by atoms with van der Waals surface area (Å²) < 4.78 is 33.1. The summed E-state index contributed by atoms with van der Waals surface area (Å²) in [6.07, 6.45) is 92.3. The molecule has 0 rings (SSSR count). The second-order valence-electron chi connectivity index (χ2n) is 21.2. The van der Waals surface area contributed by atoms with Crippen molar-refractivity contribution in [3.8, 4) is 0 Å². The van der Waals surface area contributed by atoms with Gasteiger partial charge in [0.05, 0.1) is 13.2 Å². The minimum Gasteiger partial charge on any atom is -0.462 e. The summed E-state index contributed by atoms with van der Waals surface area (Å²) >= 11 is 0. The SMILES string of the molecule is CC/C=C\C/C=C\C/C=C\C/C=C\C/C=C\C/C=C\C/C=C\CCCCCCCCCCCCCCCC(=O)OC(COC(=O)CCCCCCCCCCCCCC/C=C\C/C=C\C/C=C\C/C=C\CC)COP(=O)(O)OCCN. The molecular weight excluding hydrogens is 1030 g/mol. The van der Waals surface area contributed by atoms with Crippen molar-refractivity contribution in [3.05, 3.63) is 134 Å². The fraction of sp³-hybridized carbons (Fsp3) is 0.662. The number of hydrogen-bond acceptors (Lipinski definition) is 8. The number of esters is 2. The van der Waals surface area contributed by atoms with Gasteiger partial charge in [-0.3, -0.25) is 18.6 Å². The maximum atomic E-state index is 12.8. The summed E-state index contributed by atoms with van der Waals surface area (Å²) in [6.45, 7) is 3.52. The number of nitrogens with two attached hydrogens (primary N) is 1. The van der Waals surface area contributed by atoms with Crippen LogP contribution in [0.1, 0.15) is 271 Å². The summed E-state index contributed by atoms with van der Waals surface area (Å²) in [6, 6.07) is 0. The highest BCUT2D eigenvalue weighted by atomic mass is 31.2. The van der Waals surface area contributed by atoms with E-state index in [-0.39, 0.29) is 38.6 Å². The fourth-order valence-corrected chi connectivity index (χ4v) is 9.55. The maximum Gasteiger partial charge on any atom is 0.472 e. The van der Waals surface area contributed by atoms with Gasteiger partial charge >= 0.3 is 19.8 Å². The second-order valence-corrected chi connectivity index (χ2v) is 22.7. The highest BCUT2D eigenvalue weighted by molar-refractivity contribution is 7.47. The second kappa shape index (κ2) is 65.3. The number of hydrogen-bond donors (Lipinski definition) is 2. The van der Waals surface area contributed by atoms with E-state index < -0.39 is 26.5 Å². The molecule has 0 heterocycles. The van der Waals surface area contributed by atoms with E-state index in [0.29, 0.717) is 6.42 Å². The highest BCUT2D eigenvalue weighted by Gasteiger charge is 2.26. The Balaban J connectivity index is 3.94. The Labute approximate surface area is 497 Å². The lowest BCUT2D eigenvalue weighted by molar-refractivity contribution is -0.161. The van der Waals surface area contributed by atoms with Crippen LogP contribution in [0, 0.1) is 0 Å². The summed E-state index contributed by atoms with van der Waals surface area (Å²) in [4.78, 5) is 35.3. The molecule has 9 nitrogen and oxygen atoms in total. The third kappa shape index (κ3) is 65.2. The van der Waals surface area contributed by atoms with Gasteiger partial charge in [0.25, 0.3) is 0 Å². The average molecular weight is 1150 g/mol. The molecule has 10 heteroatoms. The number of phosphoric ester groups is 1. The van der Waals surface area contributed by atoms with Crippen LogP contribution in [0.2, 0.25) is 0 Å². The van der Waals surface area contributed by atoms with E-state index in [1.54, 1.807) is 0 Å². The van der Waals surface area contributed by atoms with Crippen molar-refractivity contribution < 1.29 is 37.6 Å². The monoisotopic (exact) mass is 1150 g/mol. The largest absolute Gasteiger partial charge is 0.472 e. The first-order valence-electron chi connectivity index (χ1n) is 32.7. The number of phosphoric acid groups is 1. The lowest BCUT2D eigenvalue weighted by atomic mass is 10.0. The fourth-order valence-electron chi connectivity index (χ4n) is 8.79. The van der Waals surface area contributed by atoms with Gasteiger partial charge in [0.1, 0.15) is 6.61 Å². The molecule has 2 atom stereocenters. The van der Waals surface area contributed by atoms with Gasteiger partial charge < -0.3 is 20.1 Å². The van der Waals surface area contributed by atoms with Crippen LogP contribution < -0.4 is 5.73 Å². The van der Waals surface area contributed by atoms with Gasteiger partial charge in [0, 0.05) is 19.4 Å². The van der Waals surface area contributed by atoms with Crippen molar-refractivity contribution in [1.29, 1.82) is 0 Å². The van der Waals surface area contributed by atoms with Crippen LogP contribution >= 0.6 is 7.82 Å². The molecule has 0 aromatic heterocycles. The predicted octanol–water partition coefficient (Wildman–Crippen LogP) is 21.3. The Bertz CT molecular complexity index is 1790. The van der Waals surface area contributed by atoms with Crippen molar-refractivity contribution in [3.63, 3.8) is 0 Å². The topological polar surface area (TPSA) is 134 Å². The molecule has 0 amide bonds. The highest BCUT2D eigenvalue weighted by Crippen LogP contribution is 2.43. The zero-order chi connectivity index (χ0) is 58.7. The Morgan fingerprint density at radius 3 is 0.951 bits per heavy atom. The Morgan fingerprint density at radius 2 is 0.642 bits per heavy atom. The quantitative estimate of drug-likeness (QED) is 0.0264. The molecule has 0 saturated carbocycles. The van der Waals surface area contributed by atoms with Gasteiger partial charge in [-0.2, -0.15) is 0 Å². The predicted molar refractivity (Wildman–Crippen MR) is 348 cm³/mol. The molecule has 0 bridgehead atoms. The number of carbonyl (C=O) groups is 2. The number of ether oxygens (including phenoxy) is 2. The van der Waals surface area contributed by atoms with E-state index in [2.05, 4.69) is 148 Å². The summed E-state index contributed by atoms with van der Waals surface area (Å²) in [5.41, 5.74) is 5.40. The first-order chi connectivity index (χ1) is 39.8. The molecule has 81 heavy (non-hydrogen) atoms. The Morgan fingerprint density at radius 1 is 0.370 bits per heavy atom. The van der Waals surface area contributed by atoms with Crippen LogP contribution in [0.25, 0.3) is 0 Å². The van der Waals surface area contributed by atoms with Gasteiger partial charge in [-0.15, -0.1) is 0 Å². The lowest BCUT2D eigenvalue weighted by Crippen LogP contribution is -2.29. The van der Waals surface area contributed by atoms with Crippen LogP contribution in [0.15, 0.2) is 134 Å². The average Bonchev–Trinajstić information content (AvgIpc) is 3.46. The van der Waals surface area contributed by atoms with Gasteiger partial charge in [0.2, 0.25) is 0 Å². The van der Waals surface area contributed by atoms with E-state index in [1.165, 1.54) is 128 Å². The first-order valence-corrected chi connectivity index (χ1v) is 34.2. The van der Waals surface area contributed by atoms with E-state index >= 15 is 0 Å². The number of rotatable bonds is 60. The molecule has 0 radical (unpaired) electrons. The van der Waals surface area contributed by atoms with Crippen molar-refractivity contribution >= 4 is 19.8 Å². The molecule has 0 fully saturated rings. The zero-order valence-corrected chi connectivity index (χ0v) is 52.6. The number of carbonyl (C=O) groups excluding carboxylic acids is 2. The Kier molecular flexibility index (Phi) is 62.2. The van der Waals surface area contributed by atoms with Crippen molar-refractivity contribution in [2.75, 3.05) is 26.4 Å². The van der Waals surface area contributed by atoms with Crippen LogP contribution in [0.5, 0.6) is 0 Å². The van der Waals surface area contributed by atoms with Crippen molar-refractivity contribution in [2.45, 2.75) is 277 Å². The van der Waals surface area contributed by atoms with Crippen LogP contribution in [-0.2, 0) is 32.7 Å². The van der Waals surface area contributed by atoms with Crippen LogP contribution in [-0.4, -0.2) is 49.3 Å². The summed E-state index contributed by atoms with van der Waals surface area (Å²) in [5, 5.41) is 0. The lowest BCUT2D eigenvalue weighted by Gasteiger charge is -2.19. The summed E-state index contributed by atoms with van der Waals surface area (Å²) in [5.74, 6) is -0.832. The van der Waals surface area contributed by atoms with E-state index in [4.69, 9.17) is 24.3 Å². The third-order valence-electron chi connectivity index (χ3n) is 13.5. The van der Waals surface area contributed by atoms with Gasteiger partial charge in [0.15, 0.2) is 6.10 Å². The standard InChI is InChI=1S/C71H120NO8P/c1-3-5-7-9-11-13-15-17-19-21-23-25-27-29-30-31-32-33-34-35-36-37-38-40-42-44-46-48-50-52-54-56-58-60-62-64-71(74)80-69(68-79-81(75,76)78-66-65-72)67-77-70(73)63-61-59-57-55-53-51-49-47-45-43-41-39-28-26-24-22-20-18-16-14-12-10-8-6-4-2/h5-8,11-14,17-20,23-26,29-30,32-33,35-36,69H,3-4,9-10,15-16,21-22,27-28,31,34,37-68,72H2,1-2H3,(H,75,76)/b7-5-,8-6-,13-11-,14-12-,19-17-,20-18-,25-23-,26-24-,30-29-,33-32-,36-35-. The van der Waals surface area contributed by atoms with Gasteiger partial charge in [-0.1, -0.05) is 282 Å². The molecule has 0 aliphatic rings. The molecule has 0 aromatic rings. The van der Waals surface area contributed by atoms with Crippen LogP contribution in [0.4, 0.5) is 0 Å². The normalized spacial score (nSPS) is 13.9. The van der Waals surface area contributed by atoms with Gasteiger partial charge in [-0.05, 0) is 109 Å². The smallest absolute Gasteiger partial charge is 0.462 e. The minimum atomic E-state index is -4.40. The molecule has 2 unspecified atom stereocenters. The van der Waals surface area contributed by atoms with E-state index in [9.17, 15) is 19.0 Å². The van der Waals surface area contributed by atoms with E-state index in [0.717, 1.165) is 109 Å². The third-order valence-corrected chi connectivity index (χ3v) is 14.5. The van der Waals surface area contributed by atoms with Crippen LogP contribution in [0.3, 0.4) is 0 Å². The zero-order valence-electron chi connectivity index (χ0n) is 51.7. The molecule has 3 N–H and O–H groups in total. The van der Waals surface area contributed by atoms with Crippen molar-refractivity contribution in [2.24, 2.45) is 5.73 Å². The molecular formula is C71H120NO8P. The number of allylic oxidation sites excluding steroid dienone is 22. The molecule has 0 aliphatic heterocycles.